The molecular weight excluding hydrogens is 613 g/mol. The number of carbonyl (C=O) groups is 2. The number of alkyl halides is 6. The second kappa shape index (κ2) is 12.1. The summed E-state index contributed by atoms with van der Waals surface area (Å²) in [4.78, 5) is 28.8. The molecule has 45 heavy (non-hydrogen) atoms. The standard InChI is InChI=1S/C31H33F7N2O5/c1-17-13-39(9-7-22(17)18-4-5-25(32)23(11-18)27(41)43-3)21-6-8-29(2,45-15-21)28(42)40-14-19-10-20(30(33,34)35)12-24(31(36,37)38)26(19)44-16-40/h4-5,10-12,17,21-22H,6-9,13-16H2,1-3H3/t17-,21+,22-,29+/m0/s1. The molecule has 4 atom stereocenters. The van der Waals surface area contributed by atoms with Gasteiger partial charge in [-0.15, -0.1) is 0 Å². The van der Waals surface area contributed by atoms with Crippen molar-refractivity contribution in [3.63, 3.8) is 0 Å². The number of carbonyl (C=O) groups excluding carboxylic acids is 2. The van der Waals surface area contributed by atoms with Crippen molar-refractivity contribution in [3.05, 3.63) is 64.0 Å². The molecule has 0 N–H and O–H groups in total. The fourth-order valence-electron chi connectivity index (χ4n) is 6.59. The number of methoxy groups -OCH3 is 1. The molecule has 0 aliphatic carbocycles. The smallest absolute Gasteiger partial charge is 0.419 e. The lowest BCUT2D eigenvalue weighted by molar-refractivity contribution is -0.172. The maximum Gasteiger partial charge on any atom is 0.419 e. The number of piperidine rings is 1. The predicted molar refractivity (Wildman–Crippen MR) is 146 cm³/mol. The predicted octanol–water partition coefficient (Wildman–Crippen LogP) is 6.39. The molecular formula is C31H33F7N2O5. The van der Waals surface area contributed by atoms with Crippen LogP contribution >= 0.6 is 0 Å². The average Bonchev–Trinajstić information content (AvgIpc) is 2.99. The highest BCUT2D eigenvalue weighted by atomic mass is 19.4. The first-order chi connectivity index (χ1) is 21.0. The zero-order chi connectivity index (χ0) is 32.9. The van der Waals surface area contributed by atoms with Crippen molar-refractivity contribution >= 4 is 11.9 Å². The first-order valence-corrected chi connectivity index (χ1v) is 14.5. The van der Waals surface area contributed by atoms with Gasteiger partial charge in [-0.2, -0.15) is 26.3 Å². The lowest BCUT2D eigenvalue weighted by Crippen LogP contribution is -2.57. The number of hydrogen-bond donors (Lipinski definition) is 0. The summed E-state index contributed by atoms with van der Waals surface area (Å²) in [6.07, 6.45) is -8.51. The molecule has 0 saturated carbocycles. The summed E-state index contributed by atoms with van der Waals surface area (Å²) < 4.78 is 111. The van der Waals surface area contributed by atoms with Crippen molar-refractivity contribution in [2.75, 3.05) is 33.5 Å². The first kappa shape index (κ1) is 33.0. The Morgan fingerprint density at radius 2 is 1.78 bits per heavy atom. The number of halogens is 7. The molecule has 5 rings (SSSR count). The van der Waals surface area contributed by atoms with Crippen LogP contribution in [0.2, 0.25) is 0 Å². The normalized spacial score (nSPS) is 26.2. The molecule has 0 radical (unpaired) electrons. The third-order valence-corrected chi connectivity index (χ3v) is 9.09. The Labute approximate surface area is 255 Å². The van der Waals surface area contributed by atoms with Crippen molar-refractivity contribution < 1.29 is 54.5 Å². The Balaban J connectivity index is 1.22. The van der Waals surface area contributed by atoms with E-state index in [1.807, 2.05) is 0 Å². The monoisotopic (exact) mass is 646 g/mol. The minimum Gasteiger partial charge on any atom is -0.472 e. The van der Waals surface area contributed by atoms with Gasteiger partial charge in [0.1, 0.15) is 17.2 Å². The van der Waals surface area contributed by atoms with Gasteiger partial charge in [0.15, 0.2) is 6.73 Å². The lowest BCUT2D eigenvalue weighted by atomic mass is 9.80. The summed E-state index contributed by atoms with van der Waals surface area (Å²) >= 11 is 0. The van der Waals surface area contributed by atoms with Crippen molar-refractivity contribution in [2.24, 2.45) is 5.92 Å². The number of rotatable bonds is 4. The van der Waals surface area contributed by atoms with Crippen LogP contribution in [0.4, 0.5) is 30.7 Å². The van der Waals surface area contributed by atoms with Crippen LogP contribution in [-0.2, 0) is 33.2 Å². The van der Waals surface area contributed by atoms with Gasteiger partial charge in [-0.1, -0.05) is 13.0 Å². The van der Waals surface area contributed by atoms with Crippen LogP contribution in [-0.4, -0.2) is 66.9 Å². The molecule has 2 aromatic rings. The van der Waals surface area contributed by atoms with Gasteiger partial charge in [0.05, 0.1) is 37.0 Å². The minimum atomic E-state index is -5.08. The number of nitrogens with zero attached hydrogens (tertiary/aromatic N) is 2. The van der Waals surface area contributed by atoms with Gasteiger partial charge in [-0.05, 0) is 74.4 Å². The largest absolute Gasteiger partial charge is 0.472 e. The van der Waals surface area contributed by atoms with Gasteiger partial charge >= 0.3 is 18.3 Å². The van der Waals surface area contributed by atoms with E-state index in [2.05, 4.69) is 16.6 Å². The van der Waals surface area contributed by atoms with E-state index in [4.69, 9.17) is 9.47 Å². The van der Waals surface area contributed by atoms with Gasteiger partial charge < -0.3 is 19.1 Å². The molecule has 2 aromatic carbocycles. The number of likely N-dealkylation sites (tertiary alicyclic amines) is 1. The third-order valence-electron chi connectivity index (χ3n) is 9.09. The van der Waals surface area contributed by atoms with Gasteiger partial charge in [0, 0.05) is 18.2 Å². The highest BCUT2D eigenvalue weighted by Crippen LogP contribution is 2.45. The fourth-order valence-corrected chi connectivity index (χ4v) is 6.59. The number of amides is 1. The van der Waals surface area contributed by atoms with Gasteiger partial charge in [0.25, 0.3) is 5.91 Å². The number of benzene rings is 2. The fraction of sp³-hybridized carbons (Fsp3) is 0.548. The van der Waals surface area contributed by atoms with Crippen LogP contribution in [0.3, 0.4) is 0 Å². The molecule has 1 amide bonds. The zero-order valence-corrected chi connectivity index (χ0v) is 24.9. The molecule has 2 saturated heterocycles. The van der Waals surface area contributed by atoms with Gasteiger partial charge in [-0.3, -0.25) is 9.69 Å². The molecule has 3 heterocycles. The summed E-state index contributed by atoms with van der Waals surface area (Å²) in [7, 11) is 1.19. The second-order valence-corrected chi connectivity index (χ2v) is 12.1. The van der Waals surface area contributed by atoms with Crippen molar-refractivity contribution in [1.29, 1.82) is 0 Å². The summed E-state index contributed by atoms with van der Waals surface area (Å²) in [6.45, 7) is 4.16. The Kier molecular flexibility index (Phi) is 8.86. The molecule has 0 bridgehead atoms. The van der Waals surface area contributed by atoms with Crippen LogP contribution in [0.15, 0.2) is 30.3 Å². The topological polar surface area (TPSA) is 68.3 Å². The maximum atomic E-state index is 14.2. The average molecular weight is 647 g/mol. The van der Waals surface area contributed by atoms with Gasteiger partial charge in [-0.25, -0.2) is 9.18 Å². The van der Waals surface area contributed by atoms with Crippen LogP contribution in [0.25, 0.3) is 0 Å². The van der Waals surface area contributed by atoms with Crippen LogP contribution in [0.1, 0.15) is 71.6 Å². The van der Waals surface area contributed by atoms with Crippen molar-refractivity contribution in [3.8, 4) is 5.75 Å². The third kappa shape index (κ3) is 6.62. The summed E-state index contributed by atoms with van der Waals surface area (Å²) in [5.41, 5.74) is -4.01. The Morgan fingerprint density at radius 1 is 1.04 bits per heavy atom. The van der Waals surface area contributed by atoms with E-state index >= 15 is 0 Å². The minimum absolute atomic E-state index is 0.0184. The van der Waals surface area contributed by atoms with Crippen molar-refractivity contribution in [2.45, 2.75) is 69.6 Å². The van der Waals surface area contributed by atoms with E-state index in [1.54, 1.807) is 13.0 Å². The maximum absolute atomic E-state index is 14.2. The number of fused-ring (bicyclic) bond motifs is 1. The van der Waals surface area contributed by atoms with Gasteiger partial charge in [0.2, 0.25) is 0 Å². The van der Waals surface area contributed by atoms with Crippen LogP contribution in [0, 0.1) is 11.7 Å². The number of hydrogen-bond acceptors (Lipinski definition) is 6. The lowest BCUT2D eigenvalue weighted by Gasteiger charge is -2.46. The Morgan fingerprint density at radius 3 is 2.38 bits per heavy atom. The molecule has 0 aromatic heterocycles. The molecule has 14 heteroatoms. The van der Waals surface area contributed by atoms with Crippen LogP contribution in [0.5, 0.6) is 5.75 Å². The zero-order valence-electron chi connectivity index (χ0n) is 24.9. The van der Waals surface area contributed by atoms with E-state index < -0.39 is 65.8 Å². The highest BCUT2D eigenvalue weighted by Gasteiger charge is 2.46. The number of ether oxygens (including phenoxy) is 3. The summed E-state index contributed by atoms with van der Waals surface area (Å²) in [6, 6.07) is 5.06. The van der Waals surface area contributed by atoms with E-state index in [-0.39, 0.29) is 48.1 Å². The SMILES string of the molecule is COC(=O)c1cc([C@H]2CCN([C@@H]3CC[C@](C)(C(=O)N4COc5c(cc(C(F)(F)F)cc5C(F)(F)F)C4)OC3)C[C@@H]2C)ccc1F. The molecule has 0 spiro atoms. The summed E-state index contributed by atoms with van der Waals surface area (Å²) in [5.74, 6) is -2.45. The van der Waals surface area contributed by atoms with Crippen molar-refractivity contribution in [1.82, 2.24) is 9.80 Å². The van der Waals surface area contributed by atoms with E-state index in [1.165, 1.54) is 19.2 Å². The van der Waals surface area contributed by atoms with E-state index in [0.717, 1.165) is 16.9 Å². The Hall–Kier alpha value is -3.39. The molecule has 2 fully saturated rings. The first-order valence-electron chi connectivity index (χ1n) is 14.5. The summed E-state index contributed by atoms with van der Waals surface area (Å²) in [5, 5.41) is 0. The molecule has 246 valence electrons. The molecule has 3 aliphatic heterocycles. The highest BCUT2D eigenvalue weighted by molar-refractivity contribution is 5.89. The van der Waals surface area contributed by atoms with Crippen LogP contribution < -0.4 is 4.74 Å². The molecule has 3 aliphatic rings. The molecule has 0 unspecified atom stereocenters. The molecule has 7 nitrogen and oxygen atoms in total. The second-order valence-electron chi connectivity index (χ2n) is 12.1. The number of esters is 1. The quantitative estimate of drug-likeness (QED) is 0.283. The Bertz CT molecular complexity index is 1450. The van der Waals surface area contributed by atoms with E-state index in [9.17, 15) is 40.3 Å². The van der Waals surface area contributed by atoms with E-state index in [0.29, 0.717) is 25.6 Å².